The highest BCUT2D eigenvalue weighted by Gasteiger charge is 2.05. The Morgan fingerprint density at radius 3 is 2.61 bits per heavy atom. The van der Waals surface area contributed by atoms with Gasteiger partial charge in [-0.2, -0.15) is 0 Å². The maximum atomic E-state index is 13.2. The lowest BCUT2D eigenvalue weighted by atomic mass is 10.2. The molecule has 0 heterocycles. The van der Waals surface area contributed by atoms with E-state index in [1.165, 1.54) is 36.0 Å². The van der Waals surface area contributed by atoms with Gasteiger partial charge in [0.25, 0.3) is 0 Å². The second-order valence-corrected chi connectivity index (χ2v) is 5.91. The van der Waals surface area contributed by atoms with Crippen molar-refractivity contribution in [2.45, 2.75) is 10.6 Å². The second kappa shape index (κ2) is 6.04. The molecule has 94 valence electrons. The molecule has 0 aliphatic rings. The van der Waals surface area contributed by atoms with E-state index in [0.29, 0.717) is 5.75 Å². The van der Waals surface area contributed by atoms with Crippen LogP contribution in [-0.4, -0.2) is 0 Å². The topological polar surface area (TPSA) is 0 Å². The lowest BCUT2D eigenvalue weighted by Gasteiger charge is -2.05. The molecule has 18 heavy (non-hydrogen) atoms. The van der Waals surface area contributed by atoms with Crippen molar-refractivity contribution in [3.05, 3.63) is 63.1 Å². The molecule has 0 saturated carbocycles. The maximum absolute atomic E-state index is 13.2. The van der Waals surface area contributed by atoms with Crippen molar-refractivity contribution in [1.29, 1.82) is 0 Å². The van der Waals surface area contributed by atoms with Crippen LogP contribution in [-0.2, 0) is 5.75 Å². The standard InChI is InChI=1S/C13H8BrClF2S/c14-11-3-1-9(16)5-8(11)7-18-10-2-4-12(15)13(17)6-10/h1-6H,7H2. The monoisotopic (exact) mass is 348 g/mol. The Bertz CT molecular complexity index is 575. The second-order valence-electron chi connectivity index (χ2n) is 3.60. The molecule has 0 amide bonds. The lowest BCUT2D eigenvalue weighted by molar-refractivity contribution is 0.624. The zero-order valence-corrected chi connectivity index (χ0v) is 12.2. The average molecular weight is 350 g/mol. The van der Waals surface area contributed by atoms with Gasteiger partial charge in [0.1, 0.15) is 11.6 Å². The van der Waals surface area contributed by atoms with Gasteiger partial charge in [0.2, 0.25) is 0 Å². The third-order valence-corrected chi connectivity index (χ3v) is 4.42. The van der Waals surface area contributed by atoms with Crippen molar-refractivity contribution >= 4 is 39.3 Å². The number of thioether (sulfide) groups is 1. The van der Waals surface area contributed by atoms with Crippen LogP contribution < -0.4 is 0 Å². The Hall–Kier alpha value is -0.580. The summed E-state index contributed by atoms with van der Waals surface area (Å²) in [7, 11) is 0. The van der Waals surface area contributed by atoms with Gasteiger partial charge in [-0.1, -0.05) is 27.5 Å². The summed E-state index contributed by atoms with van der Waals surface area (Å²) >= 11 is 10.4. The van der Waals surface area contributed by atoms with E-state index >= 15 is 0 Å². The number of benzene rings is 2. The first-order chi connectivity index (χ1) is 8.56. The van der Waals surface area contributed by atoms with Crippen molar-refractivity contribution in [1.82, 2.24) is 0 Å². The van der Waals surface area contributed by atoms with E-state index in [2.05, 4.69) is 15.9 Å². The Balaban J connectivity index is 2.11. The third-order valence-electron chi connectivity index (χ3n) is 2.29. The molecule has 0 nitrogen and oxygen atoms in total. The van der Waals surface area contributed by atoms with Gasteiger partial charge in [-0.25, -0.2) is 8.78 Å². The van der Waals surface area contributed by atoms with E-state index in [1.807, 2.05) is 0 Å². The van der Waals surface area contributed by atoms with E-state index in [1.54, 1.807) is 12.1 Å². The molecule has 0 aliphatic heterocycles. The van der Waals surface area contributed by atoms with Gasteiger partial charge < -0.3 is 0 Å². The quantitative estimate of drug-likeness (QED) is 0.643. The average Bonchev–Trinajstić information content (AvgIpc) is 2.34. The minimum Gasteiger partial charge on any atom is -0.207 e. The summed E-state index contributed by atoms with van der Waals surface area (Å²) in [5.41, 5.74) is 0.829. The van der Waals surface area contributed by atoms with Gasteiger partial charge in [0.15, 0.2) is 0 Å². The SMILES string of the molecule is Fc1ccc(Br)c(CSc2ccc(Cl)c(F)c2)c1. The van der Waals surface area contributed by atoms with E-state index < -0.39 is 5.82 Å². The molecule has 5 heteroatoms. The van der Waals surface area contributed by atoms with Crippen LogP contribution in [0.5, 0.6) is 0 Å². The number of rotatable bonds is 3. The van der Waals surface area contributed by atoms with Crippen LogP contribution in [0.3, 0.4) is 0 Å². The van der Waals surface area contributed by atoms with E-state index in [0.717, 1.165) is 14.9 Å². The molecule has 0 radical (unpaired) electrons. The molecule has 0 unspecified atom stereocenters. The summed E-state index contributed by atoms with van der Waals surface area (Å²) < 4.78 is 27.2. The number of hydrogen-bond donors (Lipinski definition) is 0. The molecule has 0 bridgehead atoms. The van der Waals surface area contributed by atoms with Gasteiger partial charge in [-0.3, -0.25) is 0 Å². The van der Waals surface area contributed by atoms with Crippen LogP contribution >= 0.6 is 39.3 Å². The fourth-order valence-electron chi connectivity index (χ4n) is 1.38. The smallest absolute Gasteiger partial charge is 0.142 e. The van der Waals surface area contributed by atoms with Gasteiger partial charge >= 0.3 is 0 Å². The lowest BCUT2D eigenvalue weighted by Crippen LogP contribution is -1.86. The van der Waals surface area contributed by atoms with Crippen molar-refractivity contribution in [2.75, 3.05) is 0 Å². The Kier molecular flexibility index (Phi) is 4.65. The molecule has 2 rings (SSSR count). The van der Waals surface area contributed by atoms with Gasteiger partial charge in [-0.05, 0) is 42.0 Å². The molecule has 0 N–H and O–H groups in total. The summed E-state index contributed by atoms with van der Waals surface area (Å²) in [5.74, 6) is -0.171. The van der Waals surface area contributed by atoms with Crippen molar-refractivity contribution in [3.63, 3.8) is 0 Å². The van der Waals surface area contributed by atoms with Gasteiger partial charge in [0, 0.05) is 15.1 Å². The Labute approximate surface area is 121 Å². The zero-order valence-electron chi connectivity index (χ0n) is 9.09. The largest absolute Gasteiger partial charge is 0.207 e. The first-order valence-electron chi connectivity index (χ1n) is 5.08. The molecular weight excluding hydrogens is 342 g/mol. The predicted molar refractivity (Wildman–Crippen MR) is 75.1 cm³/mol. The van der Waals surface area contributed by atoms with Crippen molar-refractivity contribution < 1.29 is 8.78 Å². The summed E-state index contributed by atoms with van der Waals surface area (Å²) in [5, 5.41) is 0.103. The molecule has 0 spiro atoms. The van der Waals surface area contributed by atoms with Crippen LogP contribution in [0.2, 0.25) is 5.02 Å². The summed E-state index contributed by atoms with van der Waals surface area (Å²) in [6.07, 6.45) is 0. The van der Waals surface area contributed by atoms with Crippen LogP contribution in [0.25, 0.3) is 0 Å². The van der Waals surface area contributed by atoms with Crippen molar-refractivity contribution in [2.24, 2.45) is 0 Å². The fraction of sp³-hybridized carbons (Fsp3) is 0.0769. The van der Waals surface area contributed by atoms with Crippen LogP contribution in [0.15, 0.2) is 45.8 Å². The highest BCUT2D eigenvalue weighted by molar-refractivity contribution is 9.10. The minimum absolute atomic E-state index is 0.103. The predicted octanol–water partition coefficient (Wildman–Crippen LogP) is 5.67. The van der Waals surface area contributed by atoms with Crippen LogP contribution in [0.1, 0.15) is 5.56 Å². The van der Waals surface area contributed by atoms with Crippen LogP contribution in [0, 0.1) is 11.6 Å². The summed E-state index contributed by atoms with van der Waals surface area (Å²) in [4.78, 5) is 0.757. The molecular formula is C13H8BrClF2S. The molecule has 2 aromatic carbocycles. The van der Waals surface area contributed by atoms with Gasteiger partial charge in [0.05, 0.1) is 5.02 Å². The molecule has 0 fully saturated rings. The maximum Gasteiger partial charge on any atom is 0.142 e. The highest BCUT2D eigenvalue weighted by atomic mass is 79.9. The third kappa shape index (κ3) is 3.46. The fourth-order valence-corrected chi connectivity index (χ4v) is 2.98. The zero-order chi connectivity index (χ0) is 13.1. The van der Waals surface area contributed by atoms with Crippen molar-refractivity contribution in [3.8, 4) is 0 Å². The highest BCUT2D eigenvalue weighted by Crippen LogP contribution is 2.29. The summed E-state index contributed by atoms with van der Waals surface area (Å²) in [6, 6.07) is 9.14. The summed E-state index contributed by atoms with van der Waals surface area (Å²) in [6.45, 7) is 0. The number of hydrogen-bond acceptors (Lipinski definition) is 1. The molecule has 0 saturated heterocycles. The first kappa shape index (κ1) is 13.8. The first-order valence-corrected chi connectivity index (χ1v) is 7.23. The number of halogens is 4. The molecule has 0 aromatic heterocycles. The van der Waals surface area contributed by atoms with E-state index in [4.69, 9.17) is 11.6 Å². The molecule has 0 aliphatic carbocycles. The minimum atomic E-state index is -0.444. The normalized spacial score (nSPS) is 10.7. The van der Waals surface area contributed by atoms with E-state index in [-0.39, 0.29) is 10.8 Å². The molecule has 0 atom stereocenters. The Morgan fingerprint density at radius 1 is 1.11 bits per heavy atom. The Morgan fingerprint density at radius 2 is 1.89 bits per heavy atom. The van der Waals surface area contributed by atoms with E-state index in [9.17, 15) is 8.78 Å². The van der Waals surface area contributed by atoms with Crippen LogP contribution in [0.4, 0.5) is 8.78 Å². The van der Waals surface area contributed by atoms with Gasteiger partial charge in [-0.15, -0.1) is 11.8 Å². The molecule has 2 aromatic rings.